The Morgan fingerprint density at radius 3 is 2.86 bits per heavy atom. The topological polar surface area (TPSA) is 38.1 Å². The van der Waals surface area contributed by atoms with Crippen LogP contribution in [0.2, 0.25) is 0 Å². The first-order valence-electron chi connectivity index (χ1n) is 7.31. The lowest BCUT2D eigenvalue weighted by Gasteiger charge is -2.13. The smallest absolute Gasteiger partial charge is 0.137 e. The van der Waals surface area contributed by atoms with Gasteiger partial charge in [0.05, 0.1) is 11.0 Å². The van der Waals surface area contributed by atoms with Crippen LogP contribution in [-0.4, -0.2) is 11.5 Å². The molecule has 1 N–H and O–H groups in total. The van der Waals surface area contributed by atoms with Gasteiger partial charge in [-0.15, -0.1) is 11.3 Å². The molecular weight excluding hydrogens is 280 g/mol. The number of hydrogen-bond acceptors (Lipinski definition) is 4. The molecule has 1 unspecified atom stereocenters. The van der Waals surface area contributed by atoms with Crippen LogP contribution in [0.4, 0.5) is 0 Å². The average Bonchev–Trinajstić information content (AvgIpc) is 3.05. The molecule has 0 aliphatic rings. The number of rotatable bonds is 5. The van der Waals surface area contributed by atoms with Crippen LogP contribution in [0.5, 0.6) is 0 Å². The van der Waals surface area contributed by atoms with Crippen molar-refractivity contribution >= 4 is 22.3 Å². The molecule has 2 aromatic heterocycles. The summed E-state index contributed by atoms with van der Waals surface area (Å²) in [4.78, 5) is 4.57. The van der Waals surface area contributed by atoms with Gasteiger partial charge in [-0.25, -0.2) is 4.98 Å². The van der Waals surface area contributed by atoms with Gasteiger partial charge in [0.15, 0.2) is 0 Å². The maximum absolute atomic E-state index is 6.11. The molecule has 0 aliphatic heterocycles. The number of thiazole rings is 1. The number of aryl methyl sites for hydroxylation is 2. The summed E-state index contributed by atoms with van der Waals surface area (Å²) in [6.07, 6.45) is 0.866. The molecule has 21 heavy (non-hydrogen) atoms. The van der Waals surface area contributed by atoms with E-state index in [1.54, 1.807) is 11.3 Å². The zero-order chi connectivity index (χ0) is 14.8. The summed E-state index contributed by atoms with van der Waals surface area (Å²) in [5, 5.41) is 7.93. The number of para-hydroxylation sites is 1. The van der Waals surface area contributed by atoms with E-state index >= 15 is 0 Å². The third-order valence-corrected chi connectivity index (χ3v) is 4.59. The summed E-state index contributed by atoms with van der Waals surface area (Å²) >= 11 is 1.72. The first-order valence-corrected chi connectivity index (χ1v) is 8.18. The van der Waals surface area contributed by atoms with Crippen LogP contribution in [0.3, 0.4) is 0 Å². The van der Waals surface area contributed by atoms with Gasteiger partial charge in [0, 0.05) is 22.9 Å². The quantitative estimate of drug-likeness (QED) is 0.759. The molecule has 110 valence electrons. The van der Waals surface area contributed by atoms with Gasteiger partial charge in [-0.1, -0.05) is 25.1 Å². The SMILES string of the molecule is CCNC(Cc1nc(C)cs1)c1cc2cccc(C)c2o1. The minimum absolute atomic E-state index is 0.173. The Kier molecular flexibility index (Phi) is 4.08. The molecule has 1 atom stereocenters. The number of furan rings is 1. The second-order valence-corrected chi connectivity index (χ2v) is 6.28. The van der Waals surface area contributed by atoms with Crippen molar-refractivity contribution in [3.63, 3.8) is 0 Å². The molecule has 0 bridgehead atoms. The van der Waals surface area contributed by atoms with Gasteiger partial charge in [0.25, 0.3) is 0 Å². The maximum atomic E-state index is 6.11. The average molecular weight is 300 g/mol. The molecule has 0 radical (unpaired) electrons. The molecule has 0 amide bonds. The molecule has 0 fully saturated rings. The maximum Gasteiger partial charge on any atom is 0.137 e. The van der Waals surface area contributed by atoms with Gasteiger partial charge in [-0.2, -0.15) is 0 Å². The molecule has 4 heteroatoms. The summed E-state index contributed by atoms with van der Waals surface area (Å²) in [7, 11) is 0. The van der Waals surface area contributed by atoms with Crippen LogP contribution in [0, 0.1) is 13.8 Å². The van der Waals surface area contributed by atoms with E-state index in [2.05, 4.69) is 53.8 Å². The Balaban J connectivity index is 1.93. The van der Waals surface area contributed by atoms with Crippen LogP contribution >= 0.6 is 11.3 Å². The summed E-state index contributed by atoms with van der Waals surface area (Å²) in [5.41, 5.74) is 3.26. The molecule has 0 saturated carbocycles. The van der Waals surface area contributed by atoms with Crippen molar-refractivity contribution in [2.75, 3.05) is 6.54 Å². The van der Waals surface area contributed by atoms with Crippen molar-refractivity contribution in [3.05, 3.63) is 51.7 Å². The number of nitrogens with one attached hydrogen (secondary N) is 1. The van der Waals surface area contributed by atoms with Crippen LogP contribution in [-0.2, 0) is 6.42 Å². The van der Waals surface area contributed by atoms with Crippen molar-refractivity contribution in [1.82, 2.24) is 10.3 Å². The van der Waals surface area contributed by atoms with Crippen molar-refractivity contribution < 1.29 is 4.42 Å². The zero-order valence-corrected chi connectivity index (χ0v) is 13.5. The largest absolute Gasteiger partial charge is 0.459 e. The monoisotopic (exact) mass is 300 g/mol. The highest BCUT2D eigenvalue weighted by molar-refractivity contribution is 7.09. The first-order chi connectivity index (χ1) is 10.2. The highest BCUT2D eigenvalue weighted by atomic mass is 32.1. The van der Waals surface area contributed by atoms with Gasteiger partial charge in [-0.05, 0) is 32.0 Å². The van der Waals surface area contributed by atoms with Crippen molar-refractivity contribution in [2.45, 2.75) is 33.2 Å². The summed E-state index contributed by atoms with van der Waals surface area (Å²) in [6, 6.07) is 8.58. The predicted octanol–water partition coefficient (Wildman–Crippen LogP) is 4.40. The molecule has 3 aromatic rings. The number of likely N-dealkylation sites (N-methyl/N-ethyl adjacent to an activating group) is 1. The van der Waals surface area contributed by atoms with Crippen molar-refractivity contribution in [1.29, 1.82) is 0 Å². The predicted molar refractivity (Wildman–Crippen MR) is 87.9 cm³/mol. The normalized spacial score (nSPS) is 12.9. The van der Waals surface area contributed by atoms with E-state index in [-0.39, 0.29) is 6.04 Å². The molecule has 2 heterocycles. The summed E-state index contributed by atoms with van der Waals surface area (Å²) in [6.45, 7) is 7.15. The number of hydrogen-bond donors (Lipinski definition) is 1. The fourth-order valence-corrected chi connectivity index (χ4v) is 3.41. The molecular formula is C17H20N2OS. The Morgan fingerprint density at radius 2 is 2.19 bits per heavy atom. The third-order valence-electron chi connectivity index (χ3n) is 3.60. The highest BCUT2D eigenvalue weighted by Crippen LogP contribution is 2.28. The number of aromatic nitrogens is 1. The lowest BCUT2D eigenvalue weighted by molar-refractivity contribution is 0.434. The number of fused-ring (bicyclic) bond motifs is 1. The van der Waals surface area contributed by atoms with Gasteiger partial charge in [0.1, 0.15) is 11.3 Å². The zero-order valence-electron chi connectivity index (χ0n) is 12.6. The van der Waals surface area contributed by atoms with Crippen molar-refractivity contribution in [2.24, 2.45) is 0 Å². The lowest BCUT2D eigenvalue weighted by atomic mass is 10.1. The summed E-state index contributed by atoms with van der Waals surface area (Å²) in [5.74, 6) is 0.994. The highest BCUT2D eigenvalue weighted by Gasteiger charge is 2.18. The van der Waals surface area contributed by atoms with Crippen LogP contribution in [0.15, 0.2) is 34.1 Å². The molecule has 3 nitrogen and oxygen atoms in total. The fourth-order valence-electron chi connectivity index (χ4n) is 2.59. The van der Waals surface area contributed by atoms with Gasteiger partial charge < -0.3 is 9.73 Å². The van der Waals surface area contributed by atoms with Gasteiger partial charge in [-0.3, -0.25) is 0 Å². The summed E-state index contributed by atoms with van der Waals surface area (Å²) < 4.78 is 6.11. The van der Waals surface area contributed by atoms with Crippen molar-refractivity contribution in [3.8, 4) is 0 Å². The number of benzene rings is 1. The Hall–Kier alpha value is -1.65. The van der Waals surface area contributed by atoms with E-state index in [0.29, 0.717) is 0 Å². The van der Waals surface area contributed by atoms with Gasteiger partial charge in [0.2, 0.25) is 0 Å². The van der Waals surface area contributed by atoms with Crippen LogP contribution in [0.1, 0.15) is 35.0 Å². The second-order valence-electron chi connectivity index (χ2n) is 5.34. The molecule has 1 aromatic carbocycles. The van der Waals surface area contributed by atoms with E-state index in [1.165, 1.54) is 10.9 Å². The van der Waals surface area contributed by atoms with Crippen LogP contribution < -0.4 is 5.32 Å². The third kappa shape index (κ3) is 3.01. The van der Waals surface area contributed by atoms with E-state index in [9.17, 15) is 0 Å². The van der Waals surface area contributed by atoms with Gasteiger partial charge >= 0.3 is 0 Å². The Labute approximate surface area is 129 Å². The van der Waals surface area contributed by atoms with Crippen LogP contribution in [0.25, 0.3) is 11.0 Å². The second kappa shape index (κ2) is 6.00. The van der Waals surface area contributed by atoms with E-state index < -0.39 is 0 Å². The number of nitrogens with zero attached hydrogens (tertiary/aromatic N) is 1. The van der Waals surface area contributed by atoms with E-state index in [0.717, 1.165) is 35.0 Å². The molecule has 0 saturated heterocycles. The molecule has 0 aliphatic carbocycles. The van der Waals surface area contributed by atoms with E-state index in [4.69, 9.17) is 4.42 Å². The van der Waals surface area contributed by atoms with E-state index in [1.807, 2.05) is 6.92 Å². The molecule has 3 rings (SSSR count). The Bertz CT molecular complexity index is 744. The minimum atomic E-state index is 0.173. The first kappa shape index (κ1) is 14.3. The fraction of sp³-hybridized carbons (Fsp3) is 0.353. The lowest BCUT2D eigenvalue weighted by Crippen LogP contribution is -2.22. The minimum Gasteiger partial charge on any atom is -0.459 e. The molecule has 0 spiro atoms. The Morgan fingerprint density at radius 1 is 1.33 bits per heavy atom. The standard InChI is InChI=1S/C17H20N2OS/c1-4-18-14(9-16-19-12(3)10-21-16)15-8-13-7-5-6-11(2)17(13)20-15/h5-8,10,14,18H,4,9H2,1-3H3.